The van der Waals surface area contributed by atoms with Crippen molar-refractivity contribution in [2.45, 2.75) is 32.8 Å². The molecule has 1 atom stereocenters. The Bertz CT molecular complexity index is 360. The molecule has 0 aliphatic rings. The fourth-order valence-corrected chi connectivity index (χ4v) is 1.42. The Morgan fingerprint density at radius 2 is 1.94 bits per heavy atom. The molecule has 0 bridgehead atoms. The molecule has 102 valence electrons. The van der Waals surface area contributed by atoms with Gasteiger partial charge < -0.3 is 20.5 Å². The third kappa shape index (κ3) is 4.03. The fourth-order valence-electron chi connectivity index (χ4n) is 1.42. The van der Waals surface area contributed by atoms with Crippen LogP contribution in [0.15, 0.2) is 6.33 Å². The molecular weight excluding hydrogens is 232 g/mol. The number of ether oxygens (including phenoxy) is 1. The molecule has 1 heterocycles. The van der Waals surface area contributed by atoms with Crippen molar-refractivity contribution in [2.75, 3.05) is 30.8 Å². The maximum absolute atomic E-state index is 9.53. The van der Waals surface area contributed by atoms with Crippen LogP contribution in [0.2, 0.25) is 0 Å². The average Bonchev–Trinajstić information content (AvgIpc) is 2.42. The minimum Gasteiger partial charge on any atom is -0.490 e. The first-order chi connectivity index (χ1) is 8.72. The van der Waals surface area contributed by atoms with Gasteiger partial charge in [-0.3, -0.25) is 0 Å². The number of rotatable bonds is 8. The Balaban J connectivity index is 2.77. The Hall–Kier alpha value is -1.56. The second-order valence-electron chi connectivity index (χ2n) is 3.97. The van der Waals surface area contributed by atoms with Gasteiger partial charge in [0.05, 0.1) is 13.2 Å². The predicted octanol–water partition coefficient (Wildman–Crippen LogP) is 1.49. The van der Waals surface area contributed by atoms with Crippen molar-refractivity contribution in [3.05, 3.63) is 6.33 Å². The van der Waals surface area contributed by atoms with E-state index in [0.29, 0.717) is 30.4 Å². The smallest absolute Gasteiger partial charge is 0.204 e. The van der Waals surface area contributed by atoms with E-state index >= 15 is 0 Å². The molecule has 6 heteroatoms. The molecule has 0 aliphatic heterocycles. The molecule has 0 aromatic carbocycles. The van der Waals surface area contributed by atoms with Crippen molar-refractivity contribution in [3.8, 4) is 5.75 Å². The summed E-state index contributed by atoms with van der Waals surface area (Å²) in [6.45, 7) is 5.27. The highest BCUT2D eigenvalue weighted by atomic mass is 16.5. The molecule has 1 aromatic heterocycles. The Morgan fingerprint density at radius 1 is 1.28 bits per heavy atom. The monoisotopic (exact) mass is 254 g/mol. The van der Waals surface area contributed by atoms with E-state index < -0.39 is 6.10 Å². The van der Waals surface area contributed by atoms with Crippen LogP contribution >= 0.6 is 0 Å². The van der Waals surface area contributed by atoms with Gasteiger partial charge in [-0.2, -0.15) is 0 Å². The zero-order chi connectivity index (χ0) is 13.4. The van der Waals surface area contributed by atoms with Gasteiger partial charge in [-0.05, 0) is 12.8 Å². The Morgan fingerprint density at radius 3 is 2.50 bits per heavy atom. The number of hydrogen-bond donors (Lipinski definition) is 3. The Labute approximate surface area is 108 Å². The number of hydrogen-bond acceptors (Lipinski definition) is 6. The van der Waals surface area contributed by atoms with Gasteiger partial charge in [0.15, 0.2) is 11.6 Å². The van der Waals surface area contributed by atoms with E-state index in [2.05, 4.69) is 27.5 Å². The van der Waals surface area contributed by atoms with Gasteiger partial charge in [0.1, 0.15) is 6.33 Å². The van der Waals surface area contributed by atoms with Crippen LogP contribution < -0.4 is 15.4 Å². The fraction of sp³-hybridized carbons (Fsp3) is 0.667. The van der Waals surface area contributed by atoms with E-state index in [1.165, 1.54) is 6.33 Å². The lowest BCUT2D eigenvalue weighted by atomic mass is 10.3. The quantitative estimate of drug-likeness (QED) is 0.652. The molecule has 3 N–H and O–H groups in total. The molecule has 1 aromatic rings. The van der Waals surface area contributed by atoms with Crippen LogP contribution in [0.1, 0.15) is 26.7 Å². The molecule has 1 unspecified atom stereocenters. The van der Waals surface area contributed by atoms with Crippen molar-refractivity contribution in [2.24, 2.45) is 0 Å². The summed E-state index contributed by atoms with van der Waals surface area (Å²) in [7, 11) is 1.58. The number of aromatic nitrogens is 2. The first-order valence-corrected chi connectivity index (χ1v) is 6.27. The highest BCUT2D eigenvalue weighted by molar-refractivity contribution is 5.63. The summed E-state index contributed by atoms with van der Waals surface area (Å²) in [5, 5.41) is 15.8. The summed E-state index contributed by atoms with van der Waals surface area (Å²) < 4.78 is 5.31. The van der Waals surface area contributed by atoms with Crippen LogP contribution in [0.25, 0.3) is 0 Å². The molecule has 0 aliphatic carbocycles. The van der Waals surface area contributed by atoms with Gasteiger partial charge in [-0.25, -0.2) is 9.97 Å². The third-order valence-corrected chi connectivity index (χ3v) is 2.53. The van der Waals surface area contributed by atoms with Crippen molar-refractivity contribution in [1.82, 2.24) is 9.97 Å². The lowest BCUT2D eigenvalue weighted by Crippen LogP contribution is -2.19. The van der Waals surface area contributed by atoms with E-state index in [9.17, 15) is 5.11 Å². The minimum absolute atomic E-state index is 0.392. The first kappa shape index (κ1) is 14.5. The van der Waals surface area contributed by atoms with Gasteiger partial charge >= 0.3 is 0 Å². The summed E-state index contributed by atoms with van der Waals surface area (Å²) in [6, 6.07) is 0. The van der Waals surface area contributed by atoms with Crippen LogP contribution in [0.5, 0.6) is 5.75 Å². The topological polar surface area (TPSA) is 79.3 Å². The molecule has 18 heavy (non-hydrogen) atoms. The summed E-state index contributed by atoms with van der Waals surface area (Å²) in [4.78, 5) is 8.27. The van der Waals surface area contributed by atoms with Crippen LogP contribution in [-0.4, -0.2) is 41.4 Å². The van der Waals surface area contributed by atoms with Crippen LogP contribution in [-0.2, 0) is 0 Å². The molecule has 0 fully saturated rings. The summed E-state index contributed by atoms with van der Waals surface area (Å²) in [5.74, 6) is 1.84. The lowest BCUT2D eigenvalue weighted by molar-refractivity contribution is 0.183. The highest BCUT2D eigenvalue weighted by Crippen LogP contribution is 2.28. The zero-order valence-electron chi connectivity index (χ0n) is 11.2. The number of aliphatic hydroxyl groups is 1. The van der Waals surface area contributed by atoms with Crippen molar-refractivity contribution < 1.29 is 9.84 Å². The number of methoxy groups -OCH3 is 1. The van der Waals surface area contributed by atoms with Gasteiger partial charge in [0.25, 0.3) is 0 Å². The number of nitrogens with zero attached hydrogens (tertiary/aromatic N) is 2. The summed E-state index contributed by atoms with van der Waals surface area (Å²) in [5.41, 5.74) is 0. The van der Waals surface area contributed by atoms with Gasteiger partial charge in [-0.15, -0.1) is 0 Å². The standard InChI is InChI=1S/C12H22N4O2/c1-4-6-13-11-10(18-3)12(16-8-15-11)14-7-9(17)5-2/h8-9,17H,4-7H2,1-3H3,(H2,13,14,15,16). The van der Waals surface area contributed by atoms with Gasteiger partial charge in [0.2, 0.25) is 5.75 Å². The zero-order valence-corrected chi connectivity index (χ0v) is 11.2. The van der Waals surface area contributed by atoms with Crippen molar-refractivity contribution in [1.29, 1.82) is 0 Å². The molecule has 0 saturated heterocycles. The molecule has 0 radical (unpaired) electrons. The van der Waals surface area contributed by atoms with Crippen molar-refractivity contribution in [3.63, 3.8) is 0 Å². The average molecular weight is 254 g/mol. The number of anilines is 2. The van der Waals surface area contributed by atoms with Gasteiger partial charge in [-0.1, -0.05) is 13.8 Å². The first-order valence-electron chi connectivity index (χ1n) is 6.27. The van der Waals surface area contributed by atoms with Crippen molar-refractivity contribution >= 4 is 11.6 Å². The number of aliphatic hydroxyl groups excluding tert-OH is 1. The summed E-state index contributed by atoms with van der Waals surface area (Å²) in [6.07, 6.45) is 2.78. The second kappa shape index (κ2) is 7.71. The van der Waals surface area contributed by atoms with Crippen LogP contribution in [0, 0.1) is 0 Å². The van der Waals surface area contributed by atoms with E-state index in [1.54, 1.807) is 7.11 Å². The largest absolute Gasteiger partial charge is 0.490 e. The molecule has 1 rings (SSSR count). The van der Waals surface area contributed by atoms with E-state index in [4.69, 9.17) is 4.74 Å². The lowest BCUT2D eigenvalue weighted by Gasteiger charge is -2.15. The maximum Gasteiger partial charge on any atom is 0.204 e. The predicted molar refractivity (Wildman–Crippen MR) is 72.2 cm³/mol. The van der Waals surface area contributed by atoms with Crippen LogP contribution in [0.3, 0.4) is 0 Å². The minimum atomic E-state index is -0.392. The highest BCUT2D eigenvalue weighted by Gasteiger charge is 2.12. The van der Waals surface area contributed by atoms with E-state index in [-0.39, 0.29) is 0 Å². The van der Waals surface area contributed by atoms with E-state index in [1.807, 2.05) is 6.92 Å². The molecule has 6 nitrogen and oxygen atoms in total. The third-order valence-electron chi connectivity index (χ3n) is 2.53. The Kier molecular flexibility index (Phi) is 6.21. The SMILES string of the molecule is CCCNc1ncnc(NCC(O)CC)c1OC. The summed E-state index contributed by atoms with van der Waals surface area (Å²) >= 11 is 0. The van der Waals surface area contributed by atoms with Gasteiger partial charge in [0, 0.05) is 13.1 Å². The molecule has 0 amide bonds. The number of nitrogens with one attached hydrogen (secondary N) is 2. The van der Waals surface area contributed by atoms with E-state index in [0.717, 1.165) is 13.0 Å². The normalized spacial score (nSPS) is 12.0. The molecule has 0 spiro atoms. The molecule has 0 saturated carbocycles. The van der Waals surface area contributed by atoms with Crippen LogP contribution in [0.4, 0.5) is 11.6 Å². The maximum atomic E-state index is 9.53. The molecular formula is C12H22N4O2. The second-order valence-corrected chi connectivity index (χ2v) is 3.97.